The maximum Gasteiger partial charge on any atom is 0.0703 e. The first kappa shape index (κ1) is 40.9. The first-order chi connectivity index (χ1) is 16.1. The Bertz CT molecular complexity index is 311. The highest BCUT2D eigenvalue weighted by Gasteiger charge is 1.92. The van der Waals surface area contributed by atoms with Gasteiger partial charge in [0, 0.05) is 26.9 Å². The van der Waals surface area contributed by atoms with Crippen LogP contribution in [0.15, 0.2) is 0 Å². The van der Waals surface area contributed by atoms with Gasteiger partial charge in [-0.2, -0.15) is 0 Å². The average Bonchev–Trinajstić information content (AvgIpc) is 2.76. The van der Waals surface area contributed by atoms with E-state index in [0.717, 1.165) is 45.9 Å². The summed E-state index contributed by atoms with van der Waals surface area (Å²) in [5, 5.41) is 0. The van der Waals surface area contributed by atoms with Crippen molar-refractivity contribution >= 4 is 0 Å². The summed E-state index contributed by atoms with van der Waals surface area (Å²) < 4.78 is 35.9. The molecular formula is C27H62O7. The zero-order valence-electron chi connectivity index (χ0n) is 24.9. The number of rotatable bonds is 18. The van der Waals surface area contributed by atoms with Crippen molar-refractivity contribution in [1.82, 2.24) is 0 Å². The van der Waals surface area contributed by atoms with E-state index >= 15 is 0 Å². The van der Waals surface area contributed by atoms with Crippen molar-refractivity contribution in [3.8, 4) is 0 Å². The number of methoxy groups -OCH3 is 1. The molecule has 7 heteroatoms. The van der Waals surface area contributed by atoms with E-state index in [4.69, 9.17) is 33.2 Å². The molecule has 212 valence electrons. The first-order valence-electron chi connectivity index (χ1n) is 13.2. The lowest BCUT2D eigenvalue weighted by Crippen LogP contribution is -2.09. The molecule has 0 saturated carbocycles. The minimum atomic E-state index is 0.324. The van der Waals surface area contributed by atoms with Gasteiger partial charge in [0.2, 0.25) is 0 Å². The normalized spacial score (nSPS) is 10.6. The SMILES string of the molecule is CCCOC(C)C.CCCOCCOC(C)C.CCOCCOC(C)C.COCCOC(C)C. The van der Waals surface area contributed by atoms with Crippen LogP contribution in [0, 0.1) is 0 Å². The summed E-state index contributed by atoms with van der Waals surface area (Å²) in [5.41, 5.74) is 0. The first-order valence-corrected chi connectivity index (χ1v) is 13.2. The van der Waals surface area contributed by atoms with E-state index in [0.29, 0.717) is 50.8 Å². The molecule has 0 heterocycles. The highest BCUT2D eigenvalue weighted by molar-refractivity contribution is 4.37. The maximum absolute atomic E-state index is 5.26. The Morgan fingerprint density at radius 1 is 0.412 bits per heavy atom. The van der Waals surface area contributed by atoms with Crippen LogP contribution in [0.25, 0.3) is 0 Å². The van der Waals surface area contributed by atoms with Gasteiger partial charge in [-0.1, -0.05) is 13.8 Å². The van der Waals surface area contributed by atoms with Crippen LogP contribution in [-0.2, 0) is 33.2 Å². The van der Waals surface area contributed by atoms with E-state index in [1.807, 2.05) is 48.5 Å². The van der Waals surface area contributed by atoms with Crippen LogP contribution in [0.5, 0.6) is 0 Å². The maximum atomic E-state index is 5.26. The number of hydrogen-bond donors (Lipinski definition) is 0. The predicted octanol–water partition coefficient (Wildman–Crippen LogP) is 6.17. The minimum Gasteiger partial charge on any atom is -0.382 e. The van der Waals surface area contributed by atoms with Gasteiger partial charge in [0.05, 0.1) is 64.1 Å². The van der Waals surface area contributed by atoms with Crippen molar-refractivity contribution in [2.24, 2.45) is 0 Å². The predicted molar refractivity (Wildman–Crippen MR) is 144 cm³/mol. The van der Waals surface area contributed by atoms with Crippen LogP contribution in [0.3, 0.4) is 0 Å². The smallest absolute Gasteiger partial charge is 0.0703 e. The summed E-state index contributed by atoms with van der Waals surface area (Å²) >= 11 is 0. The van der Waals surface area contributed by atoms with Crippen molar-refractivity contribution in [2.75, 3.05) is 66.6 Å². The highest BCUT2D eigenvalue weighted by atomic mass is 16.5. The largest absolute Gasteiger partial charge is 0.382 e. The molecule has 0 N–H and O–H groups in total. The summed E-state index contributed by atoms with van der Waals surface area (Å²) in [5.74, 6) is 0. The molecule has 0 bridgehead atoms. The minimum absolute atomic E-state index is 0.324. The topological polar surface area (TPSA) is 64.6 Å². The van der Waals surface area contributed by atoms with Gasteiger partial charge in [-0.05, 0) is 75.2 Å². The summed E-state index contributed by atoms with van der Waals surface area (Å²) in [6, 6.07) is 0. The highest BCUT2D eigenvalue weighted by Crippen LogP contribution is 1.89. The van der Waals surface area contributed by atoms with Crippen molar-refractivity contribution in [1.29, 1.82) is 0 Å². The molecule has 34 heavy (non-hydrogen) atoms. The van der Waals surface area contributed by atoms with E-state index in [1.54, 1.807) is 7.11 Å². The second-order valence-electron chi connectivity index (χ2n) is 8.48. The molecule has 0 amide bonds. The quantitative estimate of drug-likeness (QED) is 0.210. The van der Waals surface area contributed by atoms with Crippen molar-refractivity contribution < 1.29 is 33.2 Å². The molecule has 0 saturated heterocycles. The van der Waals surface area contributed by atoms with Crippen LogP contribution in [0.4, 0.5) is 0 Å². The Balaban J connectivity index is -0.000000178. The van der Waals surface area contributed by atoms with Crippen LogP contribution >= 0.6 is 0 Å². The van der Waals surface area contributed by atoms with Crippen molar-refractivity contribution in [3.63, 3.8) is 0 Å². The third kappa shape index (κ3) is 63.5. The van der Waals surface area contributed by atoms with Crippen LogP contribution in [-0.4, -0.2) is 91.0 Å². The zero-order valence-corrected chi connectivity index (χ0v) is 24.9. The molecular weight excluding hydrogens is 436 g/mol. The molecule has 0 spiro atoms. The molecule has 0 aromatic heterocycles. The molecule has 0 aromatic carbocycles. The van der Waals surface area contributed by atoms with Gasteiger partial charge in [-0.3, -0.25) is 0 Å². The van der Waals surface area contributed by atoms with Crippen LogP contribution < -0.4 is 0 Å². The summed E-state index contributed by atoms with van der Waals surface area (Å²) in [6.07, 6.45) is 3.58. The molecule has 0 rings (SSSR count). The Hall–Kier alpha value is -0.280. The van der Waals surface area contributed by atoms with Gasteiger partial charge in [0.1, 0.15) is 0 Å². The fraction of sp³-hybridized carbons (Fsp3) is 1.00. The van der Waals surface area contributed by atoms with E-state index < -0.39 is 0 Å². The van der Waals surface area contributed by atoms with Gasteiger partial charge in [-0.15, -0.1) is 0 Å². The lowest BCUT2D eigenvalue weighted by atomic mass is 10.4. The Kier molecular flexibility index (Phi) is 44.8. The monoisotopic (exact) mass is 498 g/mol. The number of hydrogen-bond acceptors (Lipinski definition) is 7. The molecule has 0 unspecified atom stereocenters. The van der Waals surface area contributed by atoms with Crippen molar-refractivity contribution in [3.05, 3.63) is 0 Å². The molecule has 0 aliphatic carbocycles. The van der Waals surface area contributed by atoms with Crippen LogP contribution in [0.2, 0.25) is 0 Å². The zero-order chi connectivity index (χ0) is 27.0. The van der Waals surface area contributed by atoms with Crippen molar-refractivity contribution in [2.45, 2.75) is 113 Å². The molecule has 0 aliphatic rings. The fourth-order valence-corrected chi connectivity index (χ4v) is 1.80. The molecule has 0 atom stereocenters. The van der Waals surface area contributed by atoms with E-state index in [-0.39, 0.29) is 0 Å². The third-order valence-corrected chi connectivity index (χ3v) is 3.30. The Morgan fingerprint density at radius 3 is 1.06 bits per heavy atom. The van der Waals surface area contributed by atoms with E-state index in [2.05, 4.69) is 27.7 Å². The molecule has 7 nitrogen and oxygen atoms in total. The second kappa shape index (κ2) is 37.3. The molecule has 0 radical (unpaired) electrons. The van der Waals surface area contributed by atoms with Gasteiger partial charge in [-0.25, -0.2) is 0 Å². The lowest BCUT2D eigenvalue weighted by Gasteiger charge is -2.06. The number of ether oxygens (including phenoxy) is 7. The molecule has 0 aliphatic heterocycles. The van der Waals surface area contributed by atoms with Gasteiger partial charge >= 0.3 is 0 Å². The third-order valence-electron chi connectivity index (χ3n) is 3.30. The Morgan fingerprint density at radius 2 is 0.765 bits per heavy atom. The van der Waals surface area contributed by atoms with E-state index in [1.165, 1.54) is 0 Å². The fourth-order valence-electron chi connectivity index (χ4n) is 1.80. The molecule has 0 fully saturated rings. The van der Waals surface area contributed by atoms with Gasteiger partial charge < -0.3 is 33.2 Å². The lowest BCUT2D eigenvalue weighted by molar-refractivity contribution is 0.0198. The summed E-state index contributed by atoms with van der Waals surface area (Å²) in [7, 11) is 1.67. The molecule has 0 aromatic rings. The Labute approximate surface area is 213 Å². The standard InChI is InChI=1S/C8H18O2.C7H16O2.C6H14O2.C6H14O/c1-4-5-9-6-7-10-8(2)3;1-4-8-5-6-9-7(2)3;1-6(2)8-5-4-7-3;1-4-5-7-6(2)3/h8H,4-7H2,1-3H3;7H,4-6H2,1-3H3;6H,4-5H2,1-3H3;6H,4-5H2,1-3H3. The summed E-state index contributed by atoms with van der Waals surface area (Å²) in [4.78, 5) is 0. The van der Waals surface area contributed by atoms with Gasteiger partial charge in [0.25, 0.3) is 0 Å². The van der Waals surface area contributed by atoms with E-state index in [9.17, 15) is 0 Å². The van der Waals surface area contributed by atoms with Crippen LogP contribution in [0.1, 0.15) is 89.0 Å². The summed E-state index contributed by atoms with van der Waals surface area (Å²) in [6.45, 7) is 29.2. The van der Waals surface area contributed by atoms with Gasteiger partial charge in [0.15, 0.2) is 0 Å². The average molecular weight is 499 g/mol. The second-order valence-corrected chi connectivity index (χ2v) is 8.48.